The van der Waals surface area contributed by atoms with Crippen molar-refractivity contribution in [3.8, 4) is 0 Å². The van der Waals surface area contributed by atoms with Crippen LogP contribution in [0.3, 0.4) is 0 Å². The van der Waals surface area contributed by atoms with E-state index in [0.717, 1.165) is 12.8 Å². The molecule has 3 rings (SSSR count). The third kappa shape index (κ3) is 3.07. The summed E-state index contributed by atoms with van der Waals surface area (Å²) in [5.41, 5.74) is -1.58. The highest BCUT2D eigenvalue weighted by Gasteiger charge is 2.53. The van der Waals surface area contributed by atoms with Gasteiger partial charge >= 0.3 is 6.09 Å². The van der Waals surface area contributed by atoms with Crippen LogP contribution < -0.4 is 5.32 Å². The summed E-state index contributed by atoms with van der Waals surface area (Å²) < 4.78 is 11.1. The molecular weight excluding hydrogens is 262 g/mol. The van der Waals surface area contributed by atoms with Crippen LogP contribution in [0.15, 0.2) is 0 Å². The molecule has 2 saturated heterocycles. The molecule has 2 heterocycles. The van der Waals surface area contributed by atoms with Crippen molar-refractivity contribution in [1.29, 1.82) is 0 Å². The first-order valence-corrected chi connectivity index (χ1v) is 7.14. The minimum Gasteiger partial charge on any atom is -0.444 e. The molecule has 3 aliphatic rings. The van der Waals surface area contributed by atoms with E-state index in [4.69, 9.17) is 14.6 Å². The number of ether oxygens (including phenoxy) is 2. The van der Waals surface area contributed by atoms with Gasteiger partial charge in [0.2, 0.25) is 0 Å². The third-order valence-corrected chi connectivity index (χ3v) is 4.24. The lowest BCUT2D eigenvalue weighted by Gasteiger charge is -2.54. The van der Waals surface area contributed by atoms with E-state index in [1.807, 2.05) is 20.8 Å². The van der Waals surface area contributed by atoms with Gasteiger partial charge in [0.15, 0.2) is 0 Å². The fourth-order valence-corrected chi connectivity index (χ4v) is 3.00. The summed E-state index contributed by atoms with van der Waals surface area (Å²) >= 11 is 0. The lowest BCUT2D eigenvalue weighted by Crippen LogP contribution is -2.66. The maximum atomic E-state index is 11.9. The second-order valence-corrected chi connectivity index (χ2v) is 6.96. The molecule has 116 valence electrons. The number of hydrogen-bond acceptors (Lipinski definition) is 5. The van der Waals surface area contributed by atoms with Crippen molar-refractivity contribution in [2.24, 2.45) is 0 Å². The average molecular weight is 287 g/mol. The van der Waals surface area contributed by atoms with E-state index in [2.05, 4.69) is 5.32 Å². The first-order valence-electron chi connectivity index (χ1n) is 7.14. The lowest BCUT2D eigenvalue weighted by atomic mass is 9.69. The predicted octanol–water partition coefficient (Wildman–Crippen LogP) is 0.946. The van der Waals surface area contributed by atoms with Gasteiger partial charge in [0, 0.05) is 0 Å². The highest BCUT2D eigenvalue weighted by molar-refractivity contribution is 5.69. The van der Waals surface area contributed by atoms with Gasteiger partial charge in [0.25, 0.3) is 0 Å². The molecule has 1 unspecified atom stereocenters. The van der Waals surface area contributed by atoms with Crippen LogP contribution in [-0.2, 0) is 9.47 Å². The molecule has 3 N–H and O–H groups in total. The molecule has 0 spiro atoms. The van der Waals surface area contributed by atoms with Crippen molar-refractivity contribution in [2.75, 3.05) is 13.2 Å². The molecule has 0 aromatic rings. The van der Waals surface area contributed by atoms with Crippen LogP contribution in [-0.4, -0.2) is 52.4 Å². The minimum absolute atomic E-state index is 0.299. The molecule has 1 atom stereocenters. The Morgan fingerprint density at radius 2 is 1.95 bits per heavy atom. The highest BCUT2D eigenvalue weighted by Crippen LogP contribution is 2.45. The van der Waals surface area contributed by atoms with Crippen LogP contribution in [0, 0.1) is 0 Å². The number of carbonyl (C=O) groups is 1. The summed E-state index contributed by atoms with van der Waals surface area (Å²) in [5.74, 6) is 0. The molecule has 2 bridgehead atoms. The lowest BCUT2D eigenvalue weighted by molar-refractivity contribution is -0.213. The number of amides is 1. The fraction of sp³-hybridized carbons (Fsp3) is 0.929. The number of alkyl carbamates (subject to hydrolysis) is 1. The minimum atomic E-state index is -0.859. The highest BCUT2D eigenvalue weighted by atomic mass is 16.6. The molecule has 0 aromatic heterocycles. The van der Waals surface area contributed by atoms with Gasteiger partial charge in [-0.1, -0.05) is 0 Å². The number of carbonyl (C=O) groups excluding carboxylic acids is 1. The topological polar surface area (TPSA) is 88.0 Å². The molecule has 1 amide bonds. The zero-order valence-corrected chi connectivity index (χ0v) is 12.4. The first-order chi connectivity index (χ1) is 9.20. The van der Waals surface area contributed by atoms with E-state index in [1.165, 1.54) is 0 Å². The monoisotopic (exact) mass is 287 g/mol. The van der Waals surface area contributed by atoms with Crippen molar-refractivity contribution in [2.45, 2.75) is 69.3 Å². The van der Waals surface area contributed by atoms with Gasteiger partial charge in [0.1, 0.15) is 11.7 Å². The zero-order valence-electron chi connectivity index (χ0n) is 12.4. The molecule has 6 nitrogen and oxygen atoms in total. The first kappa shape index (κ1) is 15.5. The Morgan fingerprint density at radius 3 is 2.35 bits per heavy atom. The van der Waals surface area contributed by atoms with Gasteiger partial charge in [-0.25, -0.2) is 4.79 Å². The summed E-state index contributed by atoms with van der Waals surface area (Å²) in [6.45, 7) is 5.52. The fourth-order valence-electron chi connectivity index (χ4n) is 3.00. The summed E-state index contributed by atoms with van der Waals surface area (Å²) in [5, 5.41) is 21.9. The summed E-state index contributed by atoms with van der Waals surface area (Å²) in [6, 6.07) is 0. The smallest absolute Gasteiger partial charge is 0.408 e. The maximum Gasteiger partial charge on any atom is 0.408 e. The Balaban J connectivity index is 1.95. The summed E-state index contributed by atoms with van der Waals surface area (Å²) in [4.78, 5) is 11.9. The quantitative estimate of drug-likeness (QED) is 0.719. The van der Waals surface area contributed by atoms with Gasteiger partial charge in [-0.05, 0) is 46.5 Å². The Bertz CT molecular complexity index is 352. The second kappa shape index (κ2) is 5.16. The van der Waals surface area contributed by atoms with Gasteiger partial charge in [-0.3, -0.25) is 0 Å². The largest absolute Gasteiger partial charge is 0.444 e. The number of nitrogens with one attached hydrogen (secondary N) is 1. The summed E-state index contributed by atoms with van der Waals surface area (Å²) in [7, 11) is 0. The molecule has 6 heteroatoms. The van der Waals surface area contributed by atoms with Crippen LogP contribution in [0.1, 0.15) is 46.5 Å². The van der Waals surface area contributed by atoms with Crippen LogP contribution in [0.25, 0.3) is 0 Å². The second-order valence-electron chi connectivity index (χ2n) is 6.96. The molecule has 0 aromatic carbocycles. The van der Waals surface area contributed by atoms with Crippen molar-refractivity contribution in [1.82, 2.24) is 5.32 Å². The van der Waals surface area contributed by atoms with Crippen LogP contribution in [0.5, 0.6) is 0 Å². The molecular formula is C14H25NO5. The normalized spacial score (nSPS) is 34.6. The Hall–Kier alpha value is -0.850. The van der Waals surface area contributed by atoms with E-state index in [9.17, 15) is 9.90 Å². The summed E-state index contributed by atoms with van der Waals surface area (Å²) in [6.07, 6.45) is 1.42. The van der Waals surface area contributed by atoms with Crippen LogP contribution in [0.4, 0.5) is 4.79 Å². The number of rotatable bonds is 3. The van der Waals surface area contributed by atoms with E-state index in [0.29, 0.717) is 19.4 Å². The van der Waals surface area contributed by atoms with Crippen molar-refractivity contribution in [3.05, 3.63) is 0 Å². The third-order valence-electron chi connectivity index (χ3n) is 4.24. The van der Waals surface area contributed by atoms with Crippen molar-refractivity contribution < 1.29 is 24.5 Å². The molecule has 0 radical (unpaired) electrons. The maximum absolute atomic E-state index is 11.9. The van der Waals surface area contributed by atoms with Crippen LogP contribution in [0.2, 0.25) is 0 Å². The number of fused-ring (bicyclic) bond motifs is 3. The van der Waals surface area contributed by atoms with E-state index in [1.54, 1.807) is 0 Å². The van der Waals surface area contributed by atoms with E-state index in [-0.39, 0.29) is 6.61 Å². The van der Waals surface area contributed by atoms with E-state index < -0.39 is 28.9 Å². The molecule has 1 aliphatic carbocycles. The molecule has 3 fully saturated rings. The molecule has 2 aliphatic heterocycles. The SMILES string of the molecule is CC(C)(C)OC(=O)NC12CCC(C(O)CO)(CC1)OC2. The molecule has 1 saturated carbocycles. The number of hydrogen-bond donors (Lipinski definition) is 3. The van der Waals surface area contributed by atoms with E-state index >= 15 is 0 Å². The number of aliphatic hydroxyl groups excluding tert-OH is 2. The van der Waals surface area contributed by atoms with Crippen molar-refractivity contribution in [3.63, 3.8) is 0 Å². The van der Waals surface area contributed by atoms with Gasteiger partial charge in [-0.15, -0.1) is 0 Å². The van der Waals surface area contributed by atoms with Gasteiger partial charge < -0.3 is 25.0 Å². The Labute approximate surface area is 119 Å². The standard InChI is InChI=1S/C14H25NO5/c1-12(2,3)20-11(18)15-13-4-6-14(7-5-13,19-9-13)10(17)8-16/h10,16-17H,4-9H2,1-3H3,(H,15,18). The number of aliphatic hydroxyl groups is 2. The van der Waals surface area contributed by atoms with Crippen LogP contribution >= 0.6 is 0 Å². The van der Waals surface area contributed by atoms with Gasteiger partial charge in [-0.2, -0.15) is 0 Å². The van der Waals surface area contributed by atoms with Crippen molar-refractivity contribution >= 4 is 6.09 Å². The average Bonchev–Trinajstić information content (AvgIpc) is 2.37. The Kier molecular flexibility index (Phi) is 4.01. The zero-order chi connectivity index (χ0) is 15.0. The van der Waals surface area contributed by atoms with Gasteiger partial charge in [0.05, 0.1) is 24.4 Å². The predicted molar refractivity (Wildman–Crippen MR) is 72.3 cm³/mol. The molecule has 20 heavy (non-hydrogen) atoms. The Morgan fingerprint density at radius 1 is 1.35 bits per heavy atom.